The van der Waals surface area contributed by atoms with Gasteiger partial charge in [-0.15, -0.1) is 0 Å². The fourth-order valence-corrected chi connectivity index (χ4v) is 1.37. The fraction of sp³-hybridized carbons (Fsp3) is 0.500. The quantitative estimate of drug-likeness (QED) is 0.725. The minimum absolute atomic E-state index is 0.121. The molecule has 1 unspecified atom stereocenters. The summed E-state index contributed by atoms with van der Waals surface area (Å²) in [6.07, 6.45) is 0.456. The second-order valence-electron chi connectivity index (χ2n) is 3.32. The Kier molecular flexibility index (Phi) is 8.22. The number of rotatable bonds is 4. The highest BCUT2D eigenvalue weighted by Crippen LogP contribution is 2.18. The molecule has 16 heavy (non-hydrogen) atoms. The molecule has 0 bridgehead atoms. The van der Waals surface area contributed by atoms with Crippen molar-refractivity contribution in [3.8, 4) is 0 Å². The fourth-order valence-electron chi connectivity index (χ4n) is 1.37. The molecule has 1 rings (SSSR count). The van der Waals surface area contributed by atoms with Crippen LogP contribution in [0.15, 0.2) is 30.3 Å². The highest BCUT2D eigenvalue weighted by Gasteiger charge is 2.10. The molecule has 0 fully saturated rings. The zero-order valence-corrected chi connectivity index (χ0v) is 10.7. The SMILES string of the molecule is CC.CCOC(=O)CC(C)c1ccccc1. The van der Waals surface area contributed by atoms with Crippen LogP contribution in [0, 0.1) is 0 Å². The van der Waals surface area contributed by atoms with Crippen molar-refractivity contribution in [1.82, 2.24) is 0 Å². The molecule has 0 amide bonds. The van der Waals surface area contributed by atoms with Crippen molar-refractivity contribution < 1.29 is 9.53 Å². The molecule has 2 heteroatoms. The third kappa shape index (κ3) is 5.54. The van der Waals surface area contributed by atoms with Crippen LogP contribution in [0.3, 0.4) is 0 Å². The van der Waals surface area contributed by atoms with E-state index in [-0.39, 0.29) is 11.9 Å². The van der Waals surface area contributed by atoms with Crippen LogP contribution in [0.5, 0.6) is 0 Å². The van der Waals surface area contributed by atoms with Crippen molar-refractivity contribution in [2.75, 3.05) is 6.61 Å². The van der Waals surface area contributed by atoms with Gasteiger partial charge in [0.05, 0.1) is 13.0 Å². The van der Waals surface area contributed by atoms with Crippen LogP contribution in [0.1, 0.15) is 45.6 Å². The van der Waals surface area contributed by atoms with Gasteiger partial charge < -0.3 is 4.74 Å². The first-order chi connectivity index (χ1) is 7.74. The van der Waals surface area contributed by atoms with E-state index in [0.29, 0.717) is 13.0 Å². The van der Waals surface area contributed by atoms with Crippen molar-refractivity contribution in [2.45, 2.75) is 40.0 Å². The highest BCUT2D eigenvalue weighted by molar-refractivity contribution is 5.70. The first-order valence-electron chi connectivity index (χ1n) is 5.94. The van der Waals surface area contributed by atoms with Gasteiger partial charge in [-0.2, -0.15) is 0 Å². The molecule has 2 nitrogen and oxygen atoms in total. The molecule has 0 aliphatic heterocycles. The Bertz CT molecular complexity index is 280. The number of benzene rings is 1. The molecular formula is C14H22O2. The Morgan fingerprint density at radius 2 is 1.81 bits per heavy atom. The summed E-state index contributed by atoms with van der Waals surface area (Å²) >= 11 is 0. The largest absolute Gasteiger partial charge is 0.466 e. The highest BCUT2D eigenvalue weighted by atomic mass is 16.5. The number of esters is 1. The lowest BCUT2D eigenvalue weighted by molar-refractivity contribution is -0.143. The lowest BCUT2D eigenvalue weighted by Crippen LogP contribution is -2.08. The van der Waals surface area contributed by atoms with Gasteiger partial charge in [0.1, 0.15) is 0 Å². The molecular weight excluding hydrogens is 200 g/mol. The first kappa shape index (κ1) is 14.7. The van der Waals surface area contributed by atoms with E-state index in [1.54, 1.807) is 0 Å². The van der Waals surface area contributed by atoms with Gasteiger partial charge >= 0.3 is 5.97 Å². The predicted molar refractivity (Wildman–Crippen MR) is 67.5 cm³/mol. The summed E-state index contributed by atoms with van der Waals surface area (Å²) < 4.78 is 4.90. The minimum Gasteiger partial charge on any atom is -0.466 e. The van der Waals surface area contributed by atoms with E-state index in [2.05, 4.69) is 0 Å². The second-order valence-corrected chi connectivity index (χ2v) is 3.32. The Hall–Kier alpha value is -1.31. The summed E-state index contributed by atoms with van der Waals surface area (Å²) in [5.74, 6) is 0.110. The standard InChI is InChI=1S/C12H16O2.C2H6/c1-3-14-12(13)9-10(2)11-7-5-4-6-8-11;1-2/h4-8,10H,3,9H2,1-2H3;1-2H3. The molecule has 0 spiro atoms. The number of ether oxygens (including phenoxy) is 1. The molecule has 0 saturated heterocycles. The number of hydrogen-bond acceptors (Lipinski definition) is 2. The van der Waals surface area contributed by atoms with Crippen LogP contribution in [0.25, 0.3) is 0 Å². The summed E-state index contributed by atoms with van der Waals surface area (Å²) in [6.45, 7) is 8.32. The van der Waals surface area contributed by atoms with Crippen molar-refractivity contribution in [3.05, 3.63) is 35.9 Å². The maximum Gasteiger partial charge on any atom is 0.306 e. The zero-order chi connectivity index (χ0) is 12.4. The van der Waals surface area contributed by atoms with Crippen molar-refractivity contribution >= 4 is 5.97 Å². The first-order valence-corrected chi connectivity index (χ1v) is 5.94. The Morgan fingerprint density at radius 1 is 1.25 bits per heavy atom. The van der Waals surface area contributed by atoms with Crippen LogP contribution in [-0.2, 0) is 9.53 Å². The van der Waals surface area contributed by atoms with Gasteiger partial charge in [-0.1, -0.05) is 51.1 Å². The molecule has 1 atom stereocenters. The summed E-state index contributed by atoms with van der Waals surface area (Å²) in [6, 6.07) is 10.0. The third-order valence-electron chi connectivity index (χ3n) is 2.15. The summed E-state index contributed by atoms with van der Waals surface area (Å²) in [7, 11) is 0. The Morgan fingerprint density at radius 3 is 2.31 bits per heavy atom. The number of carbonyl (C=O) groups excluding carboxylic acids is 1. The van der Waals surface area contributed by atoms with Crippen LogP contribution < -0.4 is 0 Å². The van der Waals surface area contributed by atoms with Crippen molar-refractivity contribution in [3.63, 3.8) is 0 Å². The lowest BCUT2D eigenvalue weighted by atomic mass is 9.98. The molecule has 0 N–H and O–H groups in total. The Balaban J connectivity index is 0.00000106. The van der Waals surface area contributed by atoms with Gasteiger partial charge in [-0.25, -0.2) is 0 Å². The van der Waals surface area contributed by atoms with E-state index >= 15 is 0 Å². The van der Waals surface area contributed by atoms with Gasteiger partial charge in [-0.3, -0.25) is 4.79 Å². The summed E-state index contributed by atoms with van der Waals surface area (Å²) in [4.78, 5) is 11.2. The zero-order valence-electron chi connectivity index (χ0n) is 10.7. The molecule has 1 aromatic carbocycles. The monoisotopic (exact) mass is 222 g/mol. The van der Waals surface area contributed by atoms with Crippen molar-refractivity contribution in [1.29, 1.82) is 0 Å². The maximum atomic E-state index is 11.2. The van der Waals surface area contributed by atoms with E-state index in [1.165, 1.54) is 5.56 Å². The van der Waals surface area contributed by atoms with Crippen LogP contribution in [0.2, 0.25) is 0 Å². The molecule has 0 heterocycles. The van der Waals surface area contributed by atoms with E-state index in [9.17, 15) is 4.79 Å². The van der Waals surface area contributed by atoms with Gasteiger partial charge in [0.2, 0.25) is 0 Å². The molecule has 0 radical (unpaired) electrons. The van der Waals surface area contributed by atoms with Crippen LogP contribution in [-0.4, -0.2) is 12.6 Å². The topological polar surface area (TPSA) is 26.3 Å². The average molecular weight is 222 g/mol. The predicted octanol–water partition coefficient (Wildman–Crippen LogP) is 3.77. The number of hydrogen-bond donors (Lipinski definition) is 0. The number of carbonyl (C=O) groups is 1. The normalized spacial score (nSPS) is 11.0. The van der Waals surface area contributed by atoms with Gasteiger partial charge in [0.15, 0.2) is 0 Å². The van der Waals surface area contributed by atoms with E-state index in [0.717, 1.165) is 0 Å². The Labute approximate surface area is 98.6 Å². The summed E-state index contributed by atoms with van der Waals surface area (Å²) in [5, 5.41) is 0. The van der Waals surface area contributed by atoms with Gasteiger partial charge in [0.25, 0.3) is 0 Å². The third-order valence-corrected chi connectivity index (χ3v) is 2.15. The minimum atomic E-state index is -0.121. The van der Waals surface area contributed by atoms with Gasteiger partial charge in [0, 0.05) is 0 Å². The molecule has 0 aromatic heterocycles. The van der Waals surface area contributed by atoms with E-state index in [1.807, 2.05) is 58.0 Å². The lowest BCUT2D eigenvalue weighted by Gasteiger charge is -2.10. The average Bonchev–Trinajstić information content (AvgIpc) is 2.33. The second kappa shape index (κ2) is 8.96. The maximum absolute atomic E-state index is 11.2. The molecule has 1 aromatic rings. The van der Waals surface area contributed by atoms with E-state index in [4.69, 9.17) is 4.74 Å². The molecule has 90 valence electrons. The smallest absolute Gasteiger partial charge is 0.306 e. The molecule has 0 aliphatic carbocycles. The van der Waals surface area contributed by atoms with Crippen LogP contribution in [0.4, 0.5) is 0 Å². The van der Waals surface area contributed by atoms with E-state index < -0.39 is 0 Å². The molecule has 0 aliphatic rings. The summed E-state index contributed by atoms with van der Waals surface area (Å²) in [5.41, 5.74) is 1.18. The van der Waals surface area contributed by atoms with Crippen molar-refractivity contribution in [2.24, 2.45) is 0 Å². The van der Waals surface area contributed by atoms with Crippen LogP contribution >= 0.6 is 0 Å². The molecule has 0 saturated carbocycles. The van der Waals surface area contributed by atoms with Gasteiger partial charge in [-0.05, 0) is 18.4 Å².